The average molecular weight is 447 g/mol. The molecular weight excluding hydrogens is 423 g/mol. The van der Waals surface area contributed by atoms with Crippen LogP contribution in [0.2, 0.25) is 0 Å². The third-order valence-corrected chi connectivity index (χ3v) is 4.69. The minimum atomic E-state index is -4.60. The number of hydrogen-bond donors (Lipinski definition) is 0. The van der Waals surface area contributed by atoms with Crippen LogP contribution >= 0.6 is 0 Å². The Morgan fingerprint density at radius 2 is 1.78 bits per heavy atom. The molecule has 0 unspecified atom stereocenters. The van der Waals surface area contributed by atoms with Crippen molar-refractivity contribution < 1.29 is 22.7 Å². The Morgan fingerprint density at radius 3 is 2.38 bits per heavy atom. The van der Waals surface area contributed by atoms with E-state index >= 15 is 0 Å². The zero-order chi connectivity index (χ0) is 23.8. The number of carbonyl (C=O) groups excluding carboxylic acids is 1. The minimum absolute atomic E-state index is 0.0576. The van der Waals surface area contributed by atoms with Crippen molar-refractivity contribution in [2.45, 2.75) is 46.4 Å². The van der Waals surface area contributed by atoms with E-state index < -0.39 is 29.0 Å². The summed E-state index contributed by atoms with van der Waals surface area (Å²) in [6.45, 7) is 8.58. The van der Waals surface area contributed by atoms with E-state index in [2.05, 4.69) is 4.98 Å². The van der Waals surface area contributed by atoms with Gasteiger partial charge in [-0.25, -0.2) is 19.2 Å². The lowest BCUT2D eigenvalue weighted by Gasteiger charge is -2.28. The highest BCUT2D eigenvalue weighted by Crippen LogP contribution is 2.31. The maximum absolute atomic E-state index is 13.5. The first kappa shape index (κ1) is 23.3. The van der Waals surface area contributed by atoms with Crippen LogP contribution in [0.15, 0.2) is 47.3 Å². The van der Waals surface area contributed by atoms with Crippen LogP contribution in [0.1, 0.15) is 38.8 Å². The zero-order valence-electron chi connectivity index (χ0n) is 18.4. The van der Waals surface area contributed by atoms with E-state index in [0.717, 1.165) is 21.6 Å². The van der Waals surface area contributed by atoms with Crippen LogP contribution in [0.3, 0.4) is 0 Å². The highest BCUT2D eigenvalue weighted by Gasteiger charge is 2.32. The predicted molar refractivity (Wildman–Crippen MR) is 116 cm³/mol. The van der Waals surface area contributed by atoms with Gasteiger partial charge in [-0.3, -0.25) is 4.79 Å². The van der Waals surface area contributed by atoms with Gasteiger partial charge in [0.25, 0.3) is 5.56 Å². The summed E-state index contributed by atoms with van der Waals surface area (Å²) >= 11 is 0. The number of carbonyl (C=O) groups is 1. The number of benzene rings is 2. The molecule has 0 fully saturated rings. The highest BCUT2D eigenvalue weighted by atomic mass is 19.4. The molecule has 0 saturated heterocycles. The van der Waals surface area contributed by atoms with Gasteiger partial charge >= 0.3 is 12.3 Å². The predicted octanol–water partition coefficient (Wildman–Crippen LogP) is 5.47. The number of fused-ring (bicyclic) bond motifs is 1. The van der Waals surface area contributed by atoms with Crippen LogP contribution in [0.5, 0.6) is 0 Å². The van der Waals surface area contributed by atoms with E-state index in [4.69, 9.17) is 4.74 Å². The summed E-state index contributed by atoms with van der Waals surface area (Å²) in [6.07, 6.45) is -5.36. The number of aromatic nitrogens is 2. The molecule has 170 valence electrons. The van der Waals surface area contributed by atoms with Gasteiger partial charge < -0.3 is 4.74 Å². The lowest BCUT2D eigenvalue weighted by molar-refractivity contribution is -0.137. The number of ether oxygens (including phenoxy) is 1. The fraction of sp³-hybridized carbons (Fsp3) is 0.348. The third-order valence-electron chi connectivity index (χ3n) is 4.69. The van der Waals surface area contributed by atoms with Gasteiger partial charge in [0.2, 0.25) is 5.95 Å². The Bertz CT molecular complexity index is 1230. The molecule has 1 aromatic heterocycles. The number of rotatable bonds is 3. The molecule has 0 N–H and O–H groups in total. The van der Waals surface area contributed by atoms with Gasteiger partial charge in [0.05, 0.1) is 22.2 Å². The topological polar surface area (TPSA) is 64.4 Å². The standard InChI is InChI=1S/C23H24F3N3O3/c1-6-28(21(31)32-22(3,4)5)20-27-18-14(2)9-7-12-17(18)19(30)29(20)16-11-8-10-15(13-16)23(24,25)26/h7-13H,6H2,1-5H3. The second-order valence-corrected chi connectivity index (χ2v) is 8.30. The first-order chi connectivity index (χ1) is 14.8. The Balaban J connectivity index is 2.36. The molecule has 0 aliphatic carbocycles. The number of nitrogens with zero attached hydrogens (tertiary/aromatic N) is 3. The SMILES string of the molecule is CCN(C(=O)OC(C)(C)C)c1nc2c(C)cccc2c(=O)n1-c1cccc(C(F)(F)F)c1. The van der Waals surface area contributed by atoms with Gasteiger partial charge in [0.15, 0.2) is 0 Å². The molecule has 0 radical (unpaired) electrons. The number of halogens is 3. The molecule has 0 spiro atoms. The van der Waals surface area contributed by atoms with Crippen molar-refractivity contribution >= 4 is 22.9 Å². The summed E-state index contributed by atoms with van der Waals surface area (Å²) in [4.78, 5) is 32.0. The van der Waals surface area contributed by atoms with E-state index in [1.807, 2.05) is 0 Å². The lowest BCUT2D eigenvalue weighted by Crippen LogP contribution is -2.40. The number of amides is 1. The fourth-order valence-corrected chi connectivity index (χ4v) is 3.25. The Hall–Kier alpha value is -3.36. The Kier molecular flexibility index (Phi) is 6.04. The largest absolute Gasteiger partial charge is 0.443 e. The second kappa shape index (κ2) is 8.29. The van der Waals surface area contributed by atoms with Crippen molar-refractivity contribution in [1.29, 1.82) is 0 Å². The number of alkyl halides is 3. The van der Waals surface area contributed by atoms with Crippen LogP contribution in [0.25, 0.3) is 16.6 Å². The molecule has 3 aromatic rings. The van der Waals surface area contributed by atoms with Crippen LogP contribution < -0.4 is 10.5 Å². The monoisotopic (exact) mass is 447 g/mol. The maximum atomic E-state index is 13.5. The van der Waals surface area contributed by atoms with Gasteiger partial charge in [0.1, 0.15) is 5.60 Å². The van der Waals surface area contributed by atoms with Crippen molar-refractivity contribution in [1.82, 2.24) is 9.55 Å². The summed E-state index contributed by atoms with van der Waals surface area (Å²) in [7, 11) is 0. The molecular formula is C23H24F3N3O3. The number of para-hydroxylation sites is 1. The van der Waals surface area contributed by atoms with E-state index in [1.165, 1.54) is 12.1 Å². The van der Waals surface area contributed by atoms with Gasteiger partial charge in [-0.15, -0.1) is 0 Å². The van der Waals surface area contributed by atoms with Crippen molar-refractivity contribution in [3.05, 3.63) is 63.9 Å². The van der Waals surface area contributed by atoms with Crippen molar-refractivity contribution in [3.63, 3.8) is 0 Å². The molecule has 1 heterocycles. The molecule has 9 heteroatoms. The molecule has 6 nitrogen and oxygen atoms in total. The van der Waals surface area contributed by atoms with Gasteiger partial charge in [-0.1, -0.05) is 18.2 Å². The molecule has 0 aliphatic rings. The fourth-order valence-electron chi connectivity index (χ4n) is 3.25. The van der Waals surface area contributed by atoms with Crippen molar-refractivity contribution in [2.75, 3.05) is 11.4 Å². The van der Waals surface area contributed by atoms with Gasteiger partial charge in [-0.2, -0.15) is 13.2 Å². The van der Waals surface area contributed by atoms with E-state index in [0.29, 0.717) is 11.1 Å². The van der Waals surface area contributed by atoms with Crippen molar-refractivity contribution in [2.24, 2.45) is 0 Å². The van der Waals surface area contributed by atoms with Gasteiger partial charge in [0, 0.05) is 6.54 Å². The summed E-state index contributed by atoms with van der Waals surface area (Å²) < 4.78 is 46.5. The van der Waals surface area contributed by atoms with E-state index in [-0.39, 0.29) is 23.6 Å². The van der Waals surface area contributed by atoms with Crippen LogP contribution in [-0.2, 0) is 10.9 Å². The Labute approximate surface area is 183 Å². The lowest BCUT2D eigenvalue weighted by atomic mass is 10.1. The van der Waals surface area contributed by atoms with Crippen LogP contribution in [0, 0.1) is 6.92 Å². The first-order valence-electron chi connectivity index (χ1n) is 10.0. The smallest absolute Gasteiger partial charge is 0.417 e. The number of aryl methyl sites for hydroxylation is 1. The van der Waals surface area contributed by atoms with E-state index in [1.54, 1.807) is 52.8 Å². The minimum Gasteiger partial charge on any atom is -0.443 e. The molecule has 32 heavy (non-hydrogen) atoms. The summed E-state index contributed by atoms with van der Waals surface area (Å²) in [5.74, 6) is -0.118. The summed E-state index contributed by atoms with van der Waals surface area (Å²) in [5.41, 5.74) is -1.33. The second-order valence-electron chi connectivity index (χ2n) is 8.30. The quantitative estimate of drug-likeness (QED) is 0.534. The summed E-state index contributed by atoms with van der Waals surface area (Å²) in [6, 6.07) is 9.33. The van der Waals surface area contributed by atoms with Crippen molar-refractivity contribution in [3.8, 4) is 5.69 Å². The summed E-state index contributed by atoms with van der Waals surface area (Å²) in [5, 5.41) is 0.228. The molecule has 2 aromatic carbocycles. The molecule has 0 aliphatic heterocycles. The maximum Gasteiger partial charge on any atom is 0.417 e. The highest BCUT2D eigenvalue weighted by molar-refractivity contribution is 5.89. The molecule has 0 saturated carbocycles. The molecule has 3 rings (SSSR count). The molecule has 1 amide bonds. The number of hydrogen-bond acceptors (Lipinski definition) is 4. The zero-order valence-corrected chi connectivity index (χ0v) is 18.4. The molecule has 0 atom stereocenters. The number of anilines is 1. The van der Waals surface area contributed by atoms with Gasteiger partial charge in [-0.05, 0) is 64.4 Å². The first-order valence-corrected chi connectivity index (χ1v) is 10.0. The van der Waals surface area contributed by atoms with Crippen LogP contribution in [0.4, 0.5) is 23.9 Å². The van der Waals surface area contributed by atoms with E-state index in [9.17, 15) is 22.8 Å². The Morgan fingerprint density at radius 1 is 1.12 bits per heavy atom. The third kappa shape index (κ3) is 4.61. The van der Waals surface area contributed by atoms with Crippen LogP contribution in [-0.4, -0.2) is 27.8 Å². The normalized spacial score (nSPS) is 12.1. The molecule has 0 bridgehead atoms. The average Bonchev–Trinajstić information content (AvgIpc) is 2.67.